The molecule has 0 aromatic heterocycles. The highest BCUT2D eigenvalue weighted by molar-refractivity contribution is 5.79. The average molecular weight is 240 g/mol. The van der Waals surface area contributed by atoms with Gasteiger partial charge in [-0.2, -0.15) is 0 Å². The molecule has 4 heteroatoms. The second-order valence-electron chi connectivity index (χ2n) is 5.04. The smallest absolute Gasteiger partial charge is 0.228 e. The molecule has 0 saturated carbocycles. The van der Waals surface area contributed by atoms with E-state index in [9.17, 15) is 4.79 Å². The van der Waals surface area contributed by atoms with E-state index < -0.39 is 0 Å². The van der Waals surface area contributed by atoms with Crippen molar-refractivity contribution in [2.75, 3.05) is 32.8 Å². The maximum atomic E-state index is 12.4. The molecule has 2 aliphatic rings. The first-order valence-electron chi connectivity index (χ1n) is 6.92. The quantitative estimate of drug-likeness (QED) is 0.800. The van der Waals surface area contributed by atoms with Crippen molar-refractivity contribution in [2.45, 2.75) is 38.6 Å². The van der Waals surface area contributed by atoms with Gasteiger partial charge in [0.25, 0.3) is 0 Å². The van der Waals surface area contributed by atoms with E-state index >= 15 is 0 Å². The van der Waals surface area contributed by atoms with E-state index in [1.54, 1.807) is 0 Å². The first-order valence-corrected chi connectivity index (χ1v) is 6.92. The highest BCUT2D eigenvalue weighted by Crippen LogP contribution is 2.19. The number of likely N-dealkylation sites (N-methyl/N-ethyl adjacent to an activating group) is 1. The van der Waals surface area contributed by atoms with Crippen molar-refractivity contribution in [1.29, 1.82) is 0 Å². The Bertz CT molecular complexity index is 246. The summed E-state index contributed by atoms with van der Waals surface area (Å²) < 4.78 is 5.42. The van der Waals surface area contributed by atoms with E-state index in [2.05, 4.69) is 17.1 Å². The predicted molar refractivity (Wildman–Crippen MR) is 66.8 cm³/mol. The minimum Gasteiger partial charge on any atom is -0.381 e. The van der Waals surface area contributed by atoms with Crippen molar-refractivity contribution in [3.63, 3.8) is 0 Å². The van der Waals surface area contributed by atoms with Crippen LogP contribution in [-0.4, -0.2) is 49.7 Å². The number of nitrogens with zero attached hydrogens (tertiary/aromatic N) is 1. The van der Waals surface area contributed by atoms with Gasteiger partial charge < -0.3 is 15.0 Å². The van der Waals surface area contributed by atoms with E-state index in [1.165, 1.54) is 6.42 Å². The van der Waals surface area contributed by atoms with Crippen LogP contribution in [0.3, 0.4) is 0 Å². The van der Waals surface area contributed by atoms with Gasteiger partial charge in [-0.25, -0.2) is 0 Å². The molecule has 2 heterocycles. The second kappa shape index (κ2) is 6.36. The maximum absolute atomic E-state index is 12.4. The summed E-state index contributed by atoms with van der Waals surface area (Å²) in [5.74, 6) is 0.409. The molecule has 0 aromatic rings. The minimum atomic E-state index is 0.102. The highest BCUT2D eigenvalue weighted by Gasteiger charge is 2.30. The molecular formula is C13H24N2O2. The Labute approximate surface area is 104 Å². The summed E-state index contributed by atoms with van der Waals surface area (Å²) in [5.41, 5.74) is 0. The van der Waals surface area contributed by atoms with Crippen molar-refractivity contribution >= 4 is 5.91 Å². The third kappa shape index (κ3) is 3.19. The van der Waals surface area contributed by atoms with Crippen LogP contribution < -0.4 is 5.32 Å². The standard InChI is InChI=1S/C13H24N2O2/c1-2-15(12-6-3-7-14-9-12)13(16)11-5-4-8-17-10-11/h11-12,14H,2-10H2,1H3. The fourth-order valence-electron chi connectivity index (χ4n) is 2.86. The number of carbonyl (C=O) groups is 1. The molecule has 2 rings (SSSR count). The molecule has 1 amide bonds. The number of carbonyl (C=O) groups excluding carboxylic acids is 1. The molecule has 0 bridgehead atoms. The molecule has 17 heavy (non-hydrogen) atoms. The van der Waals surface area contributed by atoms with Crippen molar-refractivity contribution < 1.29 is 9.53 Å². The van der Waals surface area contributed by atoms with E-state index in [0.29, 0.717) is 18.6 Å². The lowest BCUT2D eigenvalue weighted by atomic mass is 9.98. The molecule has 2 unspecified atom stereocenters. The first-order chi connectivity index (χ1) is 8.33. The van der Waals surface area contributed by atoms with E-state index in [-0.39, 0.29) is 5.92 Å². The average Bonchev–Trinajstić information content (AvgIpc) is 2.42. The highest BCUT2D eigenvalue weighted by atomic mass is 16.5. The van der Waals surface area contributed by atoms with Crippen LogP contribution in [0.5, 0.6) is 0 Å². The van der Waals surface area contributed by atoms with Crippen LogP contribution in [0.2, 0.25) is 0 Å². The first kappa shape index (κ1) is 12.8. The number of hydrogen-bond donors (Lipinski definition) is 1. The Balaban J connectivity index is 1.93. The molecule has 98 valence electrons. The summed E-state index contributed by atoms with van der Waals surface area (Å²) >= 11 is 0. The zero-order chi connectivity index (χ0) is 12.1. The van der Waals surface area contributed by atoms with Crippen LogP contribution in [-0.2, 0) is 9.53 Å². The number of hydrogen-bond acceptors (Lipinski definition) is 3. The third-order valence-corrected chi connectivity index (χ3v) is 3.84. The van der Waals surface area contributed by atoms with Crippen LogP contribution in [0.15, 0.2) is 0 Å². The van der Waals surface area contributed by atoms with Crippen molar-refractivity contribution in [3.8, 4) is 0 Å². The van der Waals surface area contributed by atoms with Crippen molar-refractivity contribution in [2.24, 2.45) is 5.92 Å². The summed E-state index contributed by atoms with van der Waals surface area (Å²) in [6.45, 7) is 6.39. The van der Waals surface area contributed by atoms with Crippen molar-refractivity contribution in [1.82, 2.24) is 10.2 Å². The number of piperidine rings is 1. The Morgan fingerprint density at radius 3 is 2.88 bits per heavy atom. The van der Waals surface area contributed by atoms with Crippen LogP contribution in [0.1, 0.15) is 32.6 Å². The number of ether oxygens (including phenoxy) is 1. The number of nitrogens with one attached hydrogen (secondary N) is 1. The molecule has 2 fully saturated rings. The van der Waals surface area contributed by atoms with Gasteiger partial charge in [-0.3, -0.25) is 4.79 Å². The summed E-state index contributed by atoms with van der Waals surface area (Å²) in [6.07, 6.45) is 4.34. The van der Waals surface area contributed by atoms with Gasteiger partial charge in [0.2, 0.25) is 5.91 Å². The summed E-state index contributed by atoms with van der Waals surface area (Å²) in [4.78, 5) is 14.5. The predicted octanol–water partition coefficient (Wildman–Crippen LogP) is 1.01. The van der Waals surface area contributed by atoms with Gasteiger partial charge >= 0.3 is 0 Å². The van der Waals surface area contributed by atoms with E-state index in [1.807, 2.05) is 0 Å². The summed E-state index contributed by atoms with van der Waals surface area (Å²) in [6, 6.07) is 0.392. The fraction of sp³-hybridized carbons (Fsp3) is 0.923. The van der Waals surface area contributed by atoms with Crippen LogP contribution in [0.25, 0.3) is 0 Å². The molecule has 4 nitrogen and oxygen atoms in total. The molecule has 0 aromatic carbocycles. The van der Waals surface area contributed by atoms with Gasteiger partial charge in [-0.05, 0) is 39.2 Å². The van der Waals surface area contributed by atoms with Gasteiger partial charge in [0.05, 0.1) is 12.5 Å². The van der Waals surface area contributed by atoms with Crippen LogP contribution >= 0.6 is 0 Å². The number of rotatable bonds is 3. The molecule has 2 atom stereocenters. The van der Waals surface area contributed by atoms with Crippen LogP contribution in [0.4, 0.5) is 0 Å². The molecular weight excluding hydrogens is 216 g/mol. The largest absolute Gasteiger partial charge is 0.381 e. The molecule has 2 aliphatic heterocycles. The molecule has 1 N–H and O–H groups in total. The molecule has 2 saturated heterocycles. The van der Waals surface area contributed by atoms with Gasteiger partial charge in [0, 0.05) is 25.7 Å². The Morgan fingerprint density at radius 2 is 2.29 bits per heavy atom. The van der Waals surface area contributed by atoms with Gasteiger partial charge in [-0.1, -0.05) is 0 Å². The molecule has 0 radical (unpaired) electrons. The zero-order valence-electron chi connectivity index (χ0n) is 10.8. The van der Waals surface area contributed by atoms with Crippen LogP contribution in [0, 0.1) is 5.92 Å². The minimum absolute atomic E-state index is 0.102. The van der Waals surface area contributed by atoms with E-state index in [4.69, 9.17) is 4.74 Å². The Hall–Kier alpha value is -0.610. The zero-order valence-corrected chi connectivity index (χ0v) is 10.8. The topological polar surface area (TPSA) is 41.6 Å². The lowest BCUT2D eigenvalue weighted by molar-refractivity contribution is -0.142. The Kier molecular flexibility index (Phi) is 4.80. The van der Waals surface area contributed by atoms with E-state index in [0.717, 1.165) is 45.5 Å². The lowest BCUT2D eigenvalue weighted by Crippen LogP contribution is -2.51. The van der Waals surface area contributed by atoms with Gasteiger partial charge in [-0.15, -0.1) is 0 Å². The fourth-order valence-corrected chi connectivity index (χ4v) is 2.86. The van der Waals surface area contributed by atoms with Crippen molar-refractivity contribution in [3.05, 3.63) is 0 Å². The lowest BCUT2D eigenvalue weighted by Gasteiger charge is -2.37. The normalized spacial score (nSPS) is 29.9. The molecule has 0 aliphatic carbocycles. The molecule has 0 spiro atoms. The second-order valence-corrected chi connectivity index (χ2v) is 5.04. The number of amides is 1. The Morgan fingerprint density at radius 1 is 1.41 bits per heavy atom. The van der Waals surface area contributed by atoms with Gasteiger partial charge in [0.1, 0.15) is 0 Å². The summed E-state index contributed by atoms with van der Waals surface area (Å²) in [7, 11) is 0. The monoisotopic (exact) mass is 240 g/mol. The summed E-state index contributed by atoms with van der Waals surface area (Å²) in [5, 5.41) is 3.38. The van der Waals surface area contributed by atoms with Gasteiger partial charge in [0.15, 0.2) is 0 Å². The third-order valence-electron chi connectivity index (χ3n) is 3.84. The SMILES string of the molecule is CCN(C(=O)C1CCCOC1)C1CCCNC1. The maximum Gasteiger partial charge on any atom is 0.228 e.